The third-order valence-corrected chi connectivity index (χ3v) is 6.18. The first-order chi connectivity index (χ1) is 12.2. The SMILES string of the molecule is CCCNC(=O)N1CC2(C1)[C@H](c1ccccc1)[C@H](CO)N2CC1CC1. The van der Waals surface area contributed by atoms with E-state index in [0.29, 0.717) is 5.92 Å². The van der Waals surface area contributed by atoms with E-state index in [1.54, 1.807) is 0 Å². The topological polar surface area (TPSA) is 55.8 Å². The lowest BCUT2D eigenvalue weighted by atomic mass is 9.60. The second-order valence-electron chi connectivity index (χ2n) is 7.93. The van der Waals surface area contributed by atoms with Gasteiger partial charge in [0.2, 0.25) is 0 Å². The van der Waals surface area contributed by atoms with E-state index in [0.717, 1.165) is 38.5 Å². The highest BCUT2D eigenvalue weighted by Gasteiger charge is 2.66. The smallest absolute Gasteiger partial charge is 0.317 e. The molecule has 4 rings (SSSR count). The van der Waals surface area contributed by atoms with Crippen LogP contribution in [0.5, 0.6) is 0 Å². The Morgan fingerprint density at radius 2 is 2.00 bits per heavy atom. The van der Waals surface area contributed by atoms with E-state index >= 15 is 0 Å². The van der Waals surface area contributed by atoms with Crippen LogP contribution in [0.3, 0.4) is 0 Å². The Morgan fingerprint density at radius 3 is 2.60 bits per heavy atom. The molecule has 0 unspecified atom stereocenters. The molecule has 25 heavy (non-hydrogen) atoms. The van der Waals surface area contributed by atoms with Crippen LogP contribution in [0.4, 0.5) is 4.79 Å². The van der Waals surface area contributed by atoms with Gasteiger partial charge in [0.05, 0.1) is 12.1 Å². The van der Waals surface area contributed by atoms with Gasteiger partial charge in [0.15, 0.2) is 0 Å². The summed E-state index contributed by atoms with van der Waals surface area (Å²) in [4.78, 5) is 16.7. The molecule has 2 saturated heterocycles. The molecule has 1 aromatic rings. The number of likely N-dealkylation sites (tertiary alicyclic amines) is 2. The minimum atomic E-state index is 0.0148. The highest BCUT2D eigenvalue weighted by atomic mass is 16.3. The van der Waals surface area contributed by atoms with Crippen molar-refractivity contribution in [2.75, 3.05) is 32.8 Å². The Labute approximate surface area is 150 Å². The van der Waals surface area contributed by atoms with E-state index in [1.807, 2.05) is 11.0 Å². The summed E-state index contributed by atoms with van der Waals surface area (Å²) >= 11 is 0. The molecule has 2 N–H and O–H groups in total. The van der Waals surface area contributed by atoms with Crippen molar-refractivity contribution in [1.82, 2.24) is 15.1 Å². The molecule has 2 heterocycles. The Bertz CT molecular complexity index is 611. The van der Waals surface area contributed by atoms with Gasteiger partial charge in [0.1, 0.15) is 0 Å². The van der Waals surface area contributed by atoms with Crippen molar-refractivity contribution >= 4 is 6.03 Å². The van der Waals surface area contributed by atoms with Gasteiger partial charge in [0, 0.05) is 38.1 Å². The first-order valence-corrected chi connectivity index (χ1v) is 9.65. The van der Waals surface area contributed by atoms with Crippen molar-refractivity contribution in [1.29, 1.82) is 0 Å². The second kappa shape index (κ2) is 6.61. The molecule has 0 radical (unpaired) electrons. The zero-order valence-electron chi connectivity index (χ0n) is 15.0. The number of aliphatic hydroxyl groups is 1. The summed E-state index contributed by atoms with van der Waals surface area (Å²) in [7, 11) is 0. The van der Waals surface area contributed by atoms with Crippen molar-refractivity contribution in [2.24, 2.45) is 5.92 Å². The molecule has 2 atom stereocenters. The molecule has 5 nitrogen and oxygen atoms in total. The number of aliphatic hydroxyl groups excluding tert-OH is 1. The molecule has 1 aromatic carbocycles. The van der Waals surface area contributed by atoms with Gasteiger partial charge in [-0.05, 0) is 30.7 Å². The van der Waals surface area contributed by atoms with Gasteiger partial charge in [-0.25, -0.2) is 4.79 Å². The lowest BCUT2D eigenvalue weighted by molar-refractivity contribution is -0.179. The van der Waals surface area contributed by atoms with Crippen LogP contribution in [0.1, 0.15) is 37.7 Å². The van der Waals surface area contributed by atoms with Crippen molar-refractivity contribution < 1.29 is 9.90 Å². The summed E-state index contributed by atoms with van der Waals surface area (Å²) in [6, 6.07) is 10.8. The number of carbonyl (C=O) groups is 1. The van der Waals surface area contributed by atoms with E-state index in [4.69, 9.17) is 0 Å². The molecular weight excluding hydrogens is 314 g/mol. The normalized spacial score (nSPS) is 27.7. The number of hydrogen-bond donors (Lipinski definition) is 2. The van der Waals surface area contributed by atoms with Crippen LogP contribution in [0.2, 0.25) is 0 Å². The van der Waals surface area contributed by atoms with Crippen molar-refractivity contribution in [3.8, 4) is 0 Å². The fourth-order valence-corrected chi connectivity index (χ4v) is 4.74. The van der Waals surface area contributed by atoms with E-state index < -0.39 is 0 Å². The first kappa shape index (κ1) is 16.9. The second-order valence-corrected chi connectivity index (χ2v) is 7.93. The Balaban J connectivity index is 1.52. The quantitative estimate of drug-likeness (QED) is 0.831. The molecule has 136 valence electrons. The van der Waals surface area contributed by atoms with Crippen LogP contribution in [-0.4, -0.2) is 65.3 Å². The molecule has 3 fully saturated rings. The third kappa shape index (κ3) is 2.83. The van der Waals surface area contributed by atoms with Gasteiger partial charge in [0.25, 0.3) is 0 Å². The number of urea groups is 1. The van der Waals surface area contributed by atoms with Gasteiger partial charge < -0.3 is 15.3 Å². The van der Waals surface area contributed by atoms with Crippen LogP contribution < -0.4 is 5.32 Å². The van der Waals surface area contributed by atoms with Gasteiger partial charge in [-0.1, -0.05) is 37.3 Å². The fraction of sp³-hybridized carbons (Fsp3) is 0.650. The maximum Gasteiger partial charge on any atom is 0.317 e. The molecule has 1 saturated carbocycles. The zero-order chi connectivity index (χ0) is 17.4. The van der Waals surface area contributed by atoms with Crippen LogP contribution in [0.15, 0.2) is 30.3 Å². The number of carbonyl (C=O) groups excluding carboxylic acids is 1. The monoisotopic (exact) mass is 343 g/mol. The molecule has 1 aliphatic carbocycles. The molecule has 3 aliphatic rings. The van der Waals surface area contributed by atoms with Crippen molar-refractivity contribution in [3.63, 3.8) is 0 Å². The van der Waals surface area contributed by atoms with Crippen LogP contribution >= 0.6 is 0 Å². The number of rotatable bonds is 6. The Kier molecular flexibility index (Phi) is 4.46. The number of amides is 2. The molecule has 2 amide bonds. The lowest BCUT2D eigenvalue weighted by Gasteiger charge is -2.70. The number of hydrogen-bond acceptors (Lipinski definition) is 3. The number of benzene rings is 1. The molecule has 2 aliphatic heterocycles. The van der Waals surface area contributed by atoms with E-state index in [2.05, 4.69) is 41.4 Å². The summed E-state index contributed by atoms with van der Waals surface area (Å²) in [6.07, 6.45) is 3.57. The predicted octanol–water partition coefficient (Wildman–Crippen LogP) is 2.03. The molecule has 0 bridgehead atoms. The Hall–Kier alpha value is -1.59. The van der Waals surface area contributed by atoms with Crippen molar-refractivity contribution in [2.45, 2.75) is 43.7 Å². The number of nitrogens with one attached hydrogen (secondary N) is 1. The largest absolute Gasteiger partial charge is 0.395 e. The van der Waals surface area contributed by atoms with Crippen LogP contribution in [0.25, 0.3) is 0 Å². The standard InChI is InChI=1S/C20H29N3O2/c1-2-10-21-19(25)22-13-20(14-22)18(16-6-4-3-5-7-16)17(12-24)23(20)11-15-8-9-15/h3-7,15,17-18,24H,2,8-14H2,1H3,(H,21,25)/t17-,18+/m0/s1. The lowest BCUT2D eigenvalue weighted by Crippen LogP contribution is -2.85. The maximum absolute atomic E-state index is 12.3. The molecule has 1 spiro atoms. The zero-order valence-corrected chi connectivity index (χ0v) is 15.0. The third-order valence-electron chi connectivity index (χ3n) is 6.18. The summed E-state index contributed by atoms with van der Waals surface area (Å²) in [5.41, 5.74) is 1.31. The predicted molar refractivity (Wildman–Crippen MR) is 97.5 cm³/mol. The van der Waals surface area contributed by atoms with E-state index in [-0.39, 0.29) is 24.2 Å². The molecular formula is C20H29N3O2. The highest BCUT2D eigenvalue weighted by molar-refractivity contribution is 5.76. The summed E-state index contributed by atoms with van der Waals surface area (Å²) in [6.45, 7) is 5.60. The summed E-state index contributed by atoms with van der Waals surface area (Å²) < 4.78 is 0. The summed E-state index contributed by atoms with van der Waals surface area (Å²) in [5.74, 6) is 1.10. The maximum atomic E-state index is 12.3. The van der Waals surface area contributed by atoms with Gasteiger partial charge in [-0.15, -0.1) is 0 Å². The Morgan fingerprint density at radius 1 is 1.28 bits per heavy atom. The van der Waals surface area contributed by atoms with Gasteiger partial charge in [-0.3, -0.25) is 4.90 Å². The van der Waals surface area contributed by atoms with Crippen LogP contribution in [0, 0.1) is 5.92 Å². The molecule has 5 heteroatoms. The molecule has 0 aromatic heterocycles. The highest BCUT2D eigenvalue weighted by Crippen LogP contribution is 2.55. The summed E-state index contributed by atoms with van der Waals surface area (Å²) in [5, 5.41) is 13.0. The van der Waals surface area contributed by atoms with E-state index in [1.165, 1.54) is 18.4 Å². The fourth-order valence-electron chi connectivity index (χ4n) is 4.74. The van der Waals surface area contributed by atoms with Crippen LogP contribution in [-0.2, 0) is 0 Å². The number of nitrogens with zero attached hydrogens (tertiary/aromatic N) is 2. The van der Waals surface area contributed by atoms with Gasteiger partial charge in [-0.2, -0.15) is 0 Å². The average molecular weight is 343 g/mol. The van der Waals surface area contributed by atoms with Crippen molar-refractivity contribution in [3.05, 3.63) is 35.9 Å². The minimum absolute atomic E-state index is 0.0148. The average Bonchev–Trinajstić information content (AvgIpc) is 3.40. The minimum Gasteiger partial charge on any atom is -0.395 e. The van der Waals surface area contributed by atoms with E-state index in [9.17, 15) is 9.90 Å². The first-order valence-electron chi connectivity index (χ1n) is 9.65. The van der Waals surface area contributed by atoms with Gasteiger partial charge >= 0.3 is 6.03 Å².